The number of rotatable bonds is 9. The highest BCUT2D eigenvalue weighted by Crippen LogP contribution is 2.24. The summed E-state index contributed by atoms with van der Waals surface area (Å²) in [6.45, 7) is 2.50. The van der Waals surface area contributed by atoms with Crippen molar-refractivity contribution < 1.29 is 9.53 Å². The van der Waals surface area contributed by atoms with Gasteiger partial charge in [-0.25, -0.2) is 0 Å². The number of benzene rings is 3. The number of carbonyl (C=O) groups is 1. The molecule has 0 saturated carbocycles. The van der Waals surface area contributed by atoms with Gasteiger partial charge in [0.1, 0.15) is 5.75 Å². The molecule has 0 radical (unpaired) electrons. The summed E-state index contributed by atoms with van der Waals surface area (Å²) in [6, 6.07) is 22.9. The fourth-order valence-corrected chi connectivity index (χ4v) is 4.21. The largest absolute Gasteiger partial charge is 0.497 e. The van der Waals surface area contributed by atoms with Crippen molar-refractivity contribution in [3.63, 3.8) is 0 Å². The molecule has 0 unspecified atom stereocenters. The zero-order valence-corrected chi connectivity index (χ0v) is 20.4. The molecule has 4 aromatic rings. The van der Waals surface area contributed by atoms with Crippen LogP contribution in [0.25, 0.3) is 5.69 Å². The molecule has 34 heavy (non-hydrogen) atoms. The second-order valence-corrected chi connectivity index (χ2v) is 8.88. The number of nitrogens with zero attached hydrogens (tertiary/aromatic N) is 3. The summed E-state index contributed by atoms with van der Waals surface area (Å²) < 4.78 is 7.18. The fraction of sp³-hybridized carbons (Fsp3) is 0.160. The summed E-state index contributed by atoms with van der Waals surface area (Å²) in [5, 5.41) is 16.2. The van der Waals surface area contributed by atoms with Crippen LogP contribution in [0.4, 0.5) is 11.4 Å². The molecule has 2 N–H and O–H groups in total. The standard InChI is InChI=1S/C25H24ClN5O2S/c1-17-6-10-21(11-7-17)31-23(15-27-19-8-12-22(33-2)13-9-19)29-30-25(31)34-16-24(32)28-20-5-3-4-18(26)14-20/h3-14,27H,15-16H2,1-2H3,(H,28,32). The predicted octanol–water partition coefficient (Wildman–Crippen LogP) is 5.58. The molecule has 174 valence electrons. The van der Waals surface area contributed by atoms with Gasteiger partial charge in [0.2, 0.25) is 5.91 Å². The van der Waals surface area contributed by atoms with E-state index in [2.05, 4.69) is 20.8 Å². The van der Waals surface area contributed by atoms with Crippen LogP contribution in [0.1, 0.15) is 11.4 Å². The SMILES string of the molecule is COc1ccc(NCc2nnc(SCC(=O)Nc3cccc(Cl)c3)n2-c2ccc(C)cc2)cc1. The number of methoxy groups -OCH3 is 1. The number of amides is 1. The number of ether oxygens (including phenoxy) is 1. The monoisotopic (exact) mass is 493 g/mol. The molecule has 1 amide bonds. The second-order valence-electron chi connectivity index (χ2n) is 7.50. The van der Waals surface area contributed by atoms with E-state index >= 15 is 0 Å². The summed E-state index contributed by atoms with van der Waals surface area (Å²) >= 11 is 7.33. The van der Waals surface area contributed by atoms with E-state index in [0.29, 0.717) is 22.4 Å². The van der Waals surface area contributed by atoms with Gasteiger partial charge in [0, 0.05) is 22.1 Å². The van der Waals surface area contributed by atoms with E-state index in [4.69, 9.17) is 16.3 Å². The number of halogens is 1. The third kappa shape index (κ3) is 6.09. The highest BCUT2D eigenvalue weighted by atomic mass is 35.5. The van der Waals surface area contributed by atoms with E-state index in [1.807, 2.05) is 60.0 Å². The molecule has 9 heteroatoms. The van der Waals surface area contributed by atoms with Crippen molar-refractivity contribution in [2.24, 2.45) is 0 Å². The van der Waals surface area contributed by atoms with Gasteiger partial charge in [-0.2, -0.15) is 0 Å². The van der Waals surface area contributed by atoms with E-state index in [-0.39, 0.29) is 11.7 Å². The van der Waals surface area contributed by atoms with Crippen LogP contribution < -0.4 is 15.4 Å². The average Bonchev–Trinajstić information content (AvgIpc) is 3.25. The summed E-state index contributed by atoms with van der Waals surface area (Å²) in [5.41, 5.74) is 3.68. The molecule has 1 aromatic heterocycles. The second kappa shape index (κ2) is 11.1. The molecular formula is C25H24ClN5O2S. The summed E-state index contributed by atoms with van der Waals surface area (Å²) in [5.74, 6) is 1.56. The van der Waals surface area contributed by atoms with Crippen LogP contribution in [0.15, 0.2) is 78.0 Å². The van der Waals surface area contributed by atoms with Gasteiger partial charge in [-0.1, -0.05) is 47.1 Å². The van der Waals surface area contributed by atoms with Crippen molar-refractivity contribution in [3.8, 4) is 11.4 Å². The van der Waals surface area contributed by atoms with Crippen LogP contribution in [-0.2, 0) is 11.3 Å². The Hall–Kier alpha value is -3.49. The Morgan fingerprint density at radius 3 is 2.50 bits per heavy atom. The lowest BCUT2D eigenvalue weighted by Gasteiger charge is -2.12. The molecule has 1 heterocycles. The van der Waals surface area contributed by atoms with E-state index in [9.17, 15) is 4.79 Å². The smallest absolute Gasteiger partial charge is 0.234 e. The first-order valence-corrected chi connectivity index (χ1v) is 12.0. The molecule has 0 saturated heterocycles. The van der Waals surface area contributed by atoms with Crippen LogP contribution in [0, 0.1) is 6.92 Å². The van der Waals surface area contributed by atoms with Crippen LogP contribution in [0.3, 0.4) is 0 Å². The maximum Gasteiger partial charge on any atom is 0.234 e. The number of thioether (sulfide) groups is 1. The quantitative estimate of drug-likeness (QED) is 0.296. The number of nitrogens with one attached hydrogen (secondary N) is 2. The lowest BCUT2D eigenvalue weighted by Crippen LogP contribution is -2.15. The number of aryl methyl sites for hydroxylation is 1. The minimum atomic E-state index is -0.149. The molecule has 3 aromatic carbocycles. The third-order valence-corrected chi connectivity index (χ3v) is 6.14. The molecular weight excluding hydrogens is 470 g/mol. The topological polar surface area (TPSA) is 81.1 Å². The highest BCUT2D eigenvalue weighted by Gasteiger charge is 2.16. The summed E-state index contributed by atoms with van der Waals surface area (Å²) in [6.07, 6.45) is 0. The van der Waals surface area contributed by atoms with E-state index in [1.165, 1.54) is 11.8 Å². The van der Waals surface area contributed by atoms with Gasteiger partial charge in [0.05, 0.1) is 19.4 Å². The molecule has 0 spiro atoms. The third-order valence-electron chi connectivity index (χ3n) is 4.97. The molecule has 0 atom stereocenters. The van der Waals surface area contributed by atoms with Crippen LogP contribution >= 0.6 is 23.4 Å². The summed E-state index contributed by atoms with van der Waals surface area (Å²) in [4.78, 5) is 12.5. The van der Waals surface area contributed by atoms with Crippen molar-refractivity contribution in [3.05, 3.63) is 89.2 Å². The van der Waals surface area contributed by atoms with E-state index < -0.39 is 0 Å². The Balaban J connectivity index is 1.50. The van der Waals surface area contributed by atoms with Crippen LogP contribution in [-0.4, -0.2) is 33.5 Å². The minimum absolute atomic E-state index is 0.149. The zero-order chi connectivity index (χ0) is 23.9. The van der Waals surface area contributed by atoms with Gasteiger partial charge in [0.15, 0.2) is 11.0 Å². The maximum atomic E-state index is 12.5. The van der Waals surface area contributed by atoms with Crippen molar-refractivity contribution in [1.82, 2.24) is 14.8 Å². The van der Waals surface area contributed by atoms with Gasteiger partial charge >= 0.3 is 0 Å². The normalized spacial score (nSPS) is 10.7. The predicted molar refractivity (Wildman–Crippen MR) is 137 cm³/mol. The number of hydrogen-bond acceptors (Lipinski definition) is 6. The van der Waals surface area contributed by atoms with Crippen molar-refractivity contribution in [2.45, 2.75) is 18.6 Å². The Morgan fingerprint density at radius 1 is 1.03 bits per heavy atom. The van der Waals surface area contributed by atoms with Crippen LogP contribution in [0.5, 0.6) is 5.75 Å². The summed E-state index contributed by atoms with van der Waals surface area (Å²) in [7, 11) is 1.64. The van der Waals surface area contributed by atoms with Crippen LogP contribution in [0.2, 0.25) is 5.02 Å². The van der Waals surface area contributed by atoms with Gasteiger partial charge in [-0.15, -0.1) is 10.2 Å². The lowest BCUT2D eigenvalue weighted by molar-refractivity contribution is -0.113. The average molecular weight is 494 g/mol. The van der Waals surface area contributed by atoms with Gasteiger partial charge < -0.3 is 15.4 Å². The Labute approximate surface area is 207 Å². The molecule has 0 fully saturated rings. The van der Waals surface area contributed by atoms with Gasteiger partial charge in [-0.05, 0) is 61.5 Å². The molecule has 0 aliphatic heterocycles. The molecule has 0 aliphatic carbocycles. The van der Waals surface area contributed by atoms with Crippen molar-refractivity contribution in [2.75, 3.05) is 23.5 Å². The lowest BCUT2D eigenvalue weighted by atomic mass is 10.2. The number of carbonyl (C=O) groups excluding carboxylic acids is 1. The highest BCUT2D eigenvalue weighted by molar-refractivity contribution is 7.99. The first-order valence-electron chi connectivity index (χ1n) is 10.6. The number of aromatic nitrogens is 3. The zero-order valence-electron chi connectivity index (χ0n) is 18.8. The van der Waals surface area contributed by atoms with E-state index in [1.54, 1.807) is 31.4 Å². The number of anilines is 2. The van der Waals surface area contributed by atoms with Gasteiger partial charge in [-0.3, -0.25) is 9.36 Å². The molecule has 0 bridgehead atoms. The first kappa shape index (κ1) is 23.7. The Bertz CT molecular complexity index is 1260. The Kier molecular flexibility index (Phi) is 7.72. The van der Waals surface area contributed by atoms with Gasteiger partial charge in [0.25, 0.3) is 0 Å². The fourth-order valence-electron chi connectivity index (χ4n) is 3.24. The first-order chi connectivity index (χ1) is 16.5. The molecule has 4 rings (SSSR count). The van der Waals surface area contributed by atoms with Crippen molar-refractivity contribution >= 4 is 40.6 Å². The maximum absolute atomic E-state index is 12.5. The molecule has 0 aliphatic rings. The van der Waals surface area contributed by atoms with Crippen molar-refractivity contribution in [1.29, 1.82) is 0 Å². The molecule has 7 nitrogen and oxygen atoms in total. The Morgan fingerprint density at radius 2 is 1.79 bits per heavy atom. The number of hydrogen-bond donors (Lipinski definition) is 2. The minimum Gasteiger partial charge on any atom is -0.497 e. The van der Waals surface area contributed by atoms with E-state index in [0.717, 1.165) is 28.5 Å².